The Morgan fingerprint density at radius 2 is 2.35 bits per heavy atom. The van der Waals surface area contributed by atoms with Gasteiger partial charge in [-0.15, -0.1) is 0 Å². The highest BCUT2D eigenvalue weighted by Gasteiger charge is 2.32. The molecular weight excluding hydrogens is 336 g/mol. The molecule has 0 unspecified atom stereocenters. The van der Waals surface area contributed by atoms with E-state index in [9.17, 15) is 9.59 Å². The Morgan fingerprint density at radius 1 is 1.57 bits per heavy atom. The van der Waals surface area contributed by atoms with Gasteiger partial charge in [0.15, 0.2) is 0 Å². The van der Waals surface area contributed by atoms with E-state index < -0.39 is 0 Å². The number of carbonyl (C=O) groups excluding carboxylic acids is 2. The minimum absolute atomic E-state index is 0.0769. The van der Waals surface area contributed by atoms with Crippen LogP contribution in [0.3, 0.4) is 0 Å². The molecule has 0 saturated carbocycles. The van der Waals surface area contributed by atoms with Crippen molar-refractivity contribution in [1.29, 1.82) is 0 Å². The normalized spacial score (nSPS) is 16.4. The third-order valence-corrected chi connectivity index (χ3v) is 4.72. The molecule has 2 rings (SSSR count). The van der Waals surface area contributed by atoms with E-state index in [0.717, 1.165) is 0 Å². The second-order valence-corrected chi connectivity index (χ2v) is 6.47. The molecule has 8 heteroatoms. The average molecular weight is 354 g/mol. The number of carbonyl (C=O) groups is 2. The summed E-state index contributed by atoms with van der Waals surface area (Å²) in [5, 5.41) is 8.94. The molecule has 23 heavy (non-hydrogen) atoms. The Labute approximate surface area is 144 Å². The lowest BCUT2D eigenvalue weighted by molar-refractivity contribution is -0.132. The molecule has 1 aliphatic heterocycles. The van der Waals surface area contributed by atoms with Gasteiger partial charge >= 0.3 is 0 Å². The Morgan fingerprint density at radius 3 is 2.96 bits per heavy atom. The van der Waals surface area contributed by atoms with E-state index >= 15 is 0 Å². The molecule has 1 aliphatic rings. The van der Waals surface area contributed by atoms with Gasteiger partial charge < -0.3 is 14.4 Å². The van der Waals surface area contributed by atoms with Crippen LogP contribution in [-0.2, 0) is 9.59 Å². The van der Waals surface area contributed by atoms with Gasteiger partial charge in [0, 0.05) is 32.1 Å². The van der Waals surface area contributed by atoms with Crippen LogP contribution in [0.15, 0.2) is 27.7 Å². The summed E-state index contributed by atoms with van der Waals surface area (Å²) >= 11 is 6.42. The first-order valence-corrected chi connectivity index (χ1v) is 8.46. The van der Waals surface area contributed by atoms with Crippen molar-refractivity contribution in [3.63, 3.8) is 0 Å². The van der Waals surface area contributed by atoms with Crippen LogP contribution in [0, 0.1) is 0 Å². The highest BCUT2D eigenvalue weighted by molar-refractivity contribution is 8.26. The van der Waals surface area contributed by atoms with Crippen LogP contribution in [0.5, 0.6) is 0 Å². The van der Waals surface area contributed by atoms with Gasteiger partial charge in [-0.05, 0) is 19.1 Å². The molecule has 0 bridgehead atoms. The Kier molecular flexibility index (Phi) is 6.37. The molecule has 1 aromatic heterocycles. The number of amides is 2. The van der Waals surface area contributed by atoms with Crippen molar-refractivity contribution in [2.45, 2.75) is 13.3 Å². The van der Waals surface area contributed by atoms with Crippen molar-refractivity contribution in [2.24, 2.45) is 0 Å². The predicted molar refractivity (Wildman–Crippen MR) is 92.5 cm³/mol. The van der Waals surface area contributed by atoms with E-state index in [1.54, 1.807) is 23.1 Å². The SMILES string of the molecule is CCN(CCO)C(=O)CCN1C(=O)C(=Cc2ccco2)SC1=S. The molecular formula is C15H18N2O4S2. The summed E-state index contributed by atoms with van der Waals surface area (Å²) in [7, 11) is 0. The van der Waals surface area contributed by atoms with Crippen LogP contribution in [0.25, 0.3) is 6.08 Å². The summed E-state index contributed by atoms with van der Waals surface area (Å²) in [6.45, 7) is 2.83. The first kappa shape index (κ1) is 17.7. The monoisotopic (exact) mass is 354 g/mol. The van der Waals surface area contributed by atoms with Gasteiger partial charge in [0.2, 0.25) is 5.91 Å². The number of furan rings is 1. The number of likely N-dealkylation sites (N-methyl/N-ethyl adjacent to an activating group) is 1. The lowest BCUT2D eigenvalue weighted by Gasteiger charge is -2.21. The molecule has 0 radical (unpaired) electrons. The number of hydrogen-bond acceptors (Lipinski definition) is 6. The van der Waals surface area contributed by atoms with Crippen LogP contribution in [0.2, 0.25) is 0 Å². The molecule has 0 aliphatic carbocycles. The molecule has 0 spiro atoms. The summed E-state index contributed by atoms with van der Waals surface area (Å²) in [6.07, 6.45) is 3.35. The fourth-order valence-electron chi connectivity index (χ4n) is 2.14. The molecule has 0 atom stereocenters. The maximum Gasteiger partial charge on any atom is 0.266 e. The number of hydrogen-bond donors (Lipinski definition) is 1. The molecule has 2 heterocycles. The lowest BCUT2D eigenvalue weighted by Crippen LogP contribution is -2.37. The zero-order valence-electron chi connectivity index (χ0n) is 12.7. The first-order valence-electron chi connectivity index (χ1n) is 7.24. The predicted octanol–water partition coefficient (Wildman–Crippen LogP) is 1.71. The number of rotatable bonds is 7. The second-order valence-electron chi connectivity index (χ2n) is 4.80. The Balaban J connectivity index is 1.97. The molecule has 1 fully saturated rings. The summed E-state index contributed by atoms with van der Waals surface area (Å²) < 4.78 is 5.63. The van der Waals surface area contributed by atoms with E-state index in [4.69, 9.17) is 21.7 Å². The standard InChI is InChI=1S/C15H18N2O4S2/c1-2-16(7-8-18)13(19)5-6-17-14(20)12(23-15(17)22)10-11-4-3-9-21-11/h3-4,9-10,18H,2,5-8H2,1H3. The van der Waals surface area contributed by atoms with E-state index in [0.29, 0.717) is 28.1 Å². The summed E-state index contributed by atoms with van der Waals surface area (Å²) in [4.78, 5) is 27.9. The van der Waals surface area contributed by atoms with Gasteiger partial charge in [-0.25, -0.2) is 0 Å². The van der Waals surface area contributed by atoms with Gasteiger partial charge in [0.25, 0.3) is 5.91 Å². The Bertz CT molecular complexity index is 613. The molecule has 6 nitrogen and oxygen atoms in total. The highest BCUT2D eigenvalue weighted by Crippen LogP contribution is 2.32. The zero-order valence-corrected chi connectivity index (χ0v) is 14.4. The van der Waals surface area contributed by atoms with Crippen molar-refractivity contribution < 1.29 is 19.1 Å². The third kappa shape index (κ3) is 4.43. The average Bonchev–Trinajstić information content (AvgIpc) is 3.12. The topological polar surface area (TPSA) is 74.0 Å². The van der Waals surface area contributed by atoms with Crippen LogP contribution < -0.4 is 0 Å². The van der Waals surface area contributed by atoms with Crippen molar-refractivity contribution >= 4 is 46.2 Å². The van der Waals surface area contributed by atoms with Gasteiger partial charge in [-0.3, -0.25) is 14.5 Å². The quantitative estimate of drug-likeness (QED) is 0.594. The molecule has 1 saturated heterocycles. The van der Waals surface area contributed by atoms with Crippen molar-refractivity contribution in [3.05, 3.63) is 29.1 Å². The minimum atomic E-state index is -0.214. The van der Waals surface area contributed by atoms with Crippen LogP contribution >= 0.6 is 24.0 Å². The van der Waals surface area contributed by atoms with Crippen molar-refractivity contribution in [1.82, 2.24) is 9.80 Å². The Hall–Kier alpha value is -1.64. The van der Waals surface area contributed by atoms with Crippen LogP contribution in [-0.4, -0.2) is 57.3 Å². The van der Waals surface area contributed by atoms with E-state index in [-0.39, 0.29) is 31.4 Å². The van der Waals surface area contributed by atoms with Crippen molar-refractivity contribution in [2.75, 3.05) is 26.2 Å². The van der Waals surface area contributed by atoms with Gasteiger partial charge in [0.05, 0.1) is 17.8 Å². The number of thioether (sulfide) groups is 1. The van der Waals surface area contributed by atoms with Gasteiger partial charge in [-0.2, -0.15) is 0 Å². The number of thiocarbonyl (C=S) groups is 1. The number of aliphatic hydroxyl groups is 1. The first-order chi connectivity index (χ1) is 11.1. The van der Waals surface area contributed by atoms with Crippen molar-refractivity contribution in [3.8, 4) is 0 Å². The van der Waals surface area contributed by atoms with Gasteiger partial charge in [-0.1, -0.05) is 24.0 Å². The fourth-order valence-corrected chi connectivity index (χ4v) is 3.43. The van der Waals surface area contributed by atoms with E-state index in [1.807, 2.05) is 6.92 Å². The molecule has 124 valence electrons. The van der Waals surface area contributed by atoms with E-state index in [1.165, 1.54) is 22.9 Å². The molecule has 1 aromatic rings. The zero-order chi connectivity index (χ0) is 16.8. The van der Waals surface area contributed by atoms with E-state index in [2.05, 4.69) is 0 Å². The van der Waals surface area contributed by atoms with Crippen LogP contribution in [0.1, 0.15) is 19.1 Å². The lowest BCUT2D eigenvalue weighted by atomic mass is 10.3. The molecule has 1 N–H and O–H groups in total. The largest absolute Gasteiger partial charge is 0.465 e. The highest BCUT2D eigenvalue weighted by atomic mass is 32.2. The van der Waals surface area contributed by atoms with Gasteiger partial charge in [0.1, 0.15) is 10.1 Å². The smallest absolute Gasteiger partial charge is 0.266 e. The summed E-state index contributed by atoms with van der Waals surface area (Å²) in [6, 6.07) is 3.50. The van der Waals surface area contributed by atoms with Crippen LogP contribution in [0.4, 0.5) is 0 Å². The summed E-state index contributed by atoms with van der Waals surface area (Å²) in [5.74, 6) is 0.265. The summed E-state index contributed by atoms with van der Waals surface area (Å²) in [5.41, 5.74) is 0. The second kappa shape index (κ2) is 8.28. The molecule has 0 aromatic carbocycles. The maximum atomic E-state index is 12.4. The maximum absolute atomic E-state index is 12.4. The number of nitrogens with zero attached hydrogens (tertiary/aromatic N) is 2. The number of aliphatic hydroxyl groups excluding tert-OH is 1. The fraction of sp³-hybridized carbons (Fsp3) is 0.400. The third-order valence-electron chi connectivity index (χ3n) is 3.34. The molecule has 2 amide bonds. The minimum Gasteiger partial charge on any atom is -0.465 e.